The van der Waals surface area contributed by atoms with Gasteiger partial charge in [-0.25, -0.2) is 4.98 Å². The van der Waals surface area contributed by atoms with Crippen molar-refractivity contribution in [1.82, 2.24) is 4.98 Å². The summed E-state index contributed by atoms with van der Waals surface area (Å²) in [4.78, 5) is 4.52. The van der Waals surface area contributed by atoms with E-state index in [0.717, 1.165) is 39.1 Å². The molecular formula is C18H16ClNO2. The first-order valence-corrected chi connectivity index (χ1v) is 7.29. The molecule has 3 nitrogen and oxygen atoms in total. The Morgan fingerprint density at radius 2 is 1.59 bits per heavy atom. The summed E-state index contributed by atoms with van der Waals surface area (Å²) in [6, 6.07) is 13.7. The van der Waals surface area contributed by atoms with E-state index in [4.69, 9.17) is 21.1 Å². The normalized spacial score (nSPS) is 10.7. The summed E-state index contributed by atoms with van der Waals surface area (Å²) in [6.45, 7) is 2.04. The molecule has 0 saturated carbocycles. The molecule has 0 unspecified atom stereocenters. The van der Waals surface area contributed by atoms with E-state index in [-0.39, 0.29) is 0 Å². The van der Waals surface area contributed by atoms with Gasteiger partial charge in [0, 0.05) is 17.0 Å². The Morgan fingerprint density at radius 3 is 2.23 bits per heavy atom. The Morgan fingerprint density at radius 1 is 0.909 bits per heavy atom. The van der Waals surface area contributed by atoms with Crippen molar-refractivity contribution in [2.75, 3.05) is 14.2 Å². The molecule has 0 spiro atoms. The van der Waals surface area contributed by atoms with Gasteiger partial charge in [-0.05, 0) is 42.3 Å². The number of nitrogens with zero attached hydrogens (tertiary/aromatic N) is 1. The van der Waals surface area contributed by atoms with Gasteiger partial charge in [-0.3, -0.25) is 0 Å². The Balaban J connectivity index is 2.17. The molecule has 112 valence electrons. The molecule has 0 saturated heterocycles. The summed E-state index contributed by atoms with van der Waals surface area (Å²) in [5.74, 6) is 1.60. The zero-order chi connectivity index (χ0) is 15.7. The van der Waals surface area contributed by atoms with Crippen molar-refractivity contribution in [3.63, 3.8) is 0 Å². The maximum atomic E-state index is 6.38. The van der Waals surface area contributed by atoms with Crippen LogP contribution in [-0.2, 0) is 0 Å². The number of rotatable bonds is 3. The van der Waals surface area contributed by atoms with Gasteiger partial charge in [0.2, 0.25) is 0 Å². The van der Waals surface area contributed by atoms with E-state index in [1.54, 1.807) is 14.2 Å². The summed E-state index contributed by atoms with van der Waals surface area (Å²) < 4.78 is 10.5. The Labute approximate surface area is 134 Å². The van der Waals surface area contributed by atoms with Crippen LogP contribution in [-0.4, -0.2) is 19.2 Å². The number of ether oxygens (including phenoxy) is 2. The van der Waals surface area contributed by atoms with Crippen LogP contribution in [0.4, 0.5) is 0 Å². The van der Waals surface area contributed by atoms with Crippen LogP contribution in [0, 0.1) is 6.92 Å². The van der Waals surface area contributed by atoms with Crippen LogP contribution in [0.3, 0.4) is 0 Å². The number of halogens is 1. The van der Waals surface area contributed by atoms with Crippen LogP contribution in [0.15, 0.2) is 42.5 Å². The highest BCUT2D eigenvalue weighted by atomic mass is 35.5. The van der Waals surface area contributed by atoms with E-state index in [2.05, 4.69) is 11.1 Å². The lowest BCUT2D eigenvalue weighted by atomic mass is 10.0. The molecule has 0 N–H and O–H groups in total. The summed E-state index contributed by atoms with van der Waals surface area (Å²) in [6.07, 6.45) is 0. The fourth-order valence-electron chi connectivity index (χ4n) is 2.49. The van der Waals surface area contributed by atoms with Crippen molar-refractivity contribution in [3.05, 3.63) is 53.2 Å². The van der Waals surface area contributed by atoms with Crippen LogP contribution < -0.4 is 9.47 Å². The highest BCUT2D eigenvalue weighted by molar-refractivity contribution is 6.32. The molecule has 0 radical (unpaired) electrons. The molecule has 3 aromatic rings. The number of methoxy groups -OCH3 is 2. The van der Waals surface area contributed by atoms with Crippen LogP contribution in [0.1, 0.15) is 5.56 Å². The highest BCUT2D eigenvalue weighted by Gasteiger charge is 2.10. The zero-order valence-corrected chi connectivity index (χ0v) is 13.4. The molecule has 0 aliphatic heterocycles. The molecule has 0 aliphatic rings. The molecule has 0 fully saturated rings. The first-order chi connectivity index (χ1) is 10.6. The van der Waals surface area contributed by atoms with Crippen molar-refractivity contribution in [3.8, 4) is 22.6 Å². The number of benzene rings is 2. The molecular weight excluding hydrogens is 298 g/mol. The summed E-state index contributed by atoms with van der Waals surface area (Å²) in [5, 5.41) is 1.54. The van der Waals surface area contributed by atoms with Crippen molar-refractivity contribution >= 4 is 22.5 Å². The summed E-state index contributed by atoms with van der Waals surface area (Å²) in [5.41, 5.74) is 3.85. The number of pyridine rings is 1. The maximum Gasteiger partial charge on any atom is 0.137 e. The fourth-order valence-corrected chi connectivity index (χ4v) is 2.74. The van der Waals surface area contributed by atoms with E-state index < -0.39 is 0 Å². The highest BCUT2D eigenvalue weighted by Crippen LogP contribution is 2.33. The third kappa shape index (κ3) is 2.60. The number of aromatic nitrogens is 1. The second-order valence-electron chi connectivity index (χ2n) is 5.07. The lowest BCUT2D eigenvalue weighted by Crippen LogP contribution is -1.91. The average Bonchev–Trinajstić information content (AvgIpc) is 2.54. The van der Waals surface area contributed by atoms with Crippen LogP contribution in [0.25, 0.3) is 22.0 Å². The van der Waals surface area contributed by atoms with E-state index in [0.29, 0.717) is 5.15 Å². The van der Waals surface area contributed by atoms with Crippen LogP contribution in [0.5, 0.6) is 11.5 Å². The van der Waals surface area contributed by atoms with Gasteiger partial charge >= 0.3 is 0 Å². The molecule has 2 aromatic carbocycles. The van der Waals surface area contributed by atoms with E-state index in [1.807, 2.05) is 43.3 Å². The van der Waals surface area contributed by atoms with Gasteiger partial charge in [-0.2, -0.15) is 0 Å². The molecule has 3 rings (SSSR count). The molecule has 1 aromatic heterocycles. The molecule has 1 heterocycles. The van der Waals surface area contributed by atoms with E-state index >= 15 is 0 Å². The van der Waals surface area contributed by atoms with Crippen molar-refractivity contribution in [2.45, 2.75) is 6.92 Å². The van der Waals surface area contributed by atoms with Crippen molar-refractivity contribution in [2.24, 2.45) is 0 Å². The van der Waals surface area contributed by atoms with Crippen molar-refractivity contribution < 1.29 is 9.47 Å². The van der Waals surface area contributed by atoms with Crippen molar-refractivity contribution in [1.29, 1.82) is 0 Å². The molecule has 4 heteroatoms. The zero-order valence-electron chi connectivity index (χ0n) is 12.7. The SMILES string of the molecule is COc1ccc(-c2cc3c(C)cc(OC)cc3nc2Cl)cc1. The third-order valence-electron chi connectivity index (χ3n) is 3.70. The Hall–Kier alpha value is -2.26. The van der Waals surface area contributed by atoms with Gasteiger partial charge < -0.3 is 9.47 Å². The number of hydrogen-bond acceptors (Lipinski definition) is 3. The third-order valence-corrected chi connectivity index (χ3v) is 3.99. The van der Waals surface area contributed by atoms with E-state index in [1.165, 1.54) is 0 Å². The van der Waals surface area contributed by atoms with E-state index in [9.17, 15) is 0 Å². The second kappa shape index (κ2) is 5.85. The number of aryl methyl sites for hydroxylation is 1. The Bertz CT molecular complexity index is 829. The lowest BCUT2D eigenvalue weighted by molar-refractivity contribution is 0.415. The van der Waals surface area contributed by atoms with Gasteiger partial charge in [0.25, 0.3) is 0 Å². The maximum absolute atomic E-state index is 6.38. The summed E-state index contributed by atoms with van der Waals surface area (Å²) >= 11 is 6.38. The first kappa shape index (κ1) is 14.7. The van der Waals surface area contributed by atoms with Gasteiger partial charge in [-0.1, -0.05) is 23.7 Å². The molecule has 0 atom stereocenters. The summed E-state index contributed by atoms with van der Waals surface area (Å²) in [7, 11) is 3.30. The average molecular weight is 314 g/mol. The smallest absolute Gasteiger partial charge is 0.137 e. The van der Waals surface area contributed by atoms with Gasteiger partial charge in [0.05, 0.1) is 19.7 Å². The van der Waals surface area contributed by atoms with Gasteiger partial charge in [0.1, 0.15) is 16.7 Å². The Kier molecular flexibility index (Phi) is 3.90. The molecule has 22 heavy (non-hydrogen) atoms. The van der Waals surface area contributed by atoms with Gasteiger partial charge in [-0.15, -0.1) is 0 Å². The predicted molar refractivity (Wildman–Crippen MR) is 90.0 cm³/mol. The standard InChI is InChI=1S/C18H16ClNO2/c1-11-8-14(22-3)9-17-15(11)10-16(18(19)20-17)12-4-6-13(21-2)7-5-12/h4-10H,1-3H3. The topological polar surface area (TPSA) is 31.4 Å². The lowest BCUT2D eigenvalue weighted by Gasteiger charge is -2.10. The van der Waals surface area contributed by atoms with Gasteiger partial charge in [0.15, 0.2) is 0 Å². The quantitative estimate of drug-likeness (QED) is 0.646. The number of hydrogen-bond donors (Lipinski definition) is 0. The van der Waals surface area contributed by atoms with Crippen LogP contribution >= 0.6 is 11.6 Å². The predicted octanol–water partition coefficient (Wildman–Crippen LogP) is 4.88. The molecule has 0 bridgehead atoms. The largest absolute Gasteiger partial charge is 0.497 e. The minimum atomic E-state index is 0.477. The fraction of sp³-hybridized carbons (Fsp3) is 0.167. The monoisotopic (exact) mass is 313 g/mol. The first-order valence-electron chi connectivity index (χ1n) is 6.91. The molecule has 0 aliphatic carbocycles. The molecule has 0 amide bonds. The minimum Gasteiger partial charge on any atom is -0.497 e. The van der Waals surface area contributed by atoms with Crippen LogP contribution in [0.2, 0.25) is 5.15 Å². The minimum absolute atomic E-state index is 0.477. The number of fused-ring (bicyclic) bond motifs is 1. The second-order valence-corrected chi connectivity index (χ2v) is 5.42.